The van der Waals surface area contributed by atoms with Crippen LogP contribution in [0.3, 0.4) is 0 Å². The topological polar surface area (TPSA) is 92.9 Å². The van der Waals surface area contributed by atoms with E-state index in [2.05, 4.69) is 20.7 Å². The average Bonchev–Trinajstić information content (AvgIpc) is 2.27. The summed E-state index contributed by atoms with van der Waals surface area (Å²) in [5.41, 5.74) is 2.49. The number of nitrogen functional groups attached to an aromatic ring is 1. The molecule has 0 aromatic carbocycles. The summed E-state index contributed by atoms with van der Waals surface area (Å²) in [5.74, 6) is 7.24. The molecule has 7 heteroatoms. The highest BCUT2D eigenvalue weighted by molar-refractivity contribution is 7.84. The summed E-state index contributed by atoms with van der Waals surface area (Å²) in [6, 6.07) is 1.74. The second-order valence-corrected chi connectivity index (χ2v) is 5.66. The zero-order valence-corrected chi connectivity index (χ0v) is 11.2. The van der Waals surface area contributed by atoms with Gasteiger partial charge in [0, 0.05) is 34.9 Å². The summed E-state index contributed by atoms with van der Waals surface area (Å²) in [6.45, 7) is 4.49. The van der Waals surface area contributed by atoms with E-state index in [9.17, 15) is 4.21 Å². The summed E-state index contributed by atoms with van der Waals surface area (Å²) < 4.78 is 11.2. The molecule has 0 radical (unpaired) electrons. The lowest BCUT2D eigenvalue weighted by atomic mass is 10.3. The van der Waals surface area contributed by atoms with Crippen LogP contribution >= 0.6 is 0 Å². The zero-order chi connectivity index (χ0) is 12.8. The van der Waals surface area contributed by atoms with E-state index in [0.29, 0.717) is 11.6 Å². The third-order valence-corrected chi connectivity index (χ3v) is 3.78. The fraction of sp³-hybridized carbons (Fsp3) is 0.600. The van der Waals surface area contributed by atoms with Crippen LogP contribution in [0.15, 0.2) is 6.07 Å². The maximum absolute atomic E-state index is 11.2. The summed E-state index contributed by atoms with van der Waals surface area (Å²) in [5, 5.41) is 3.34. The summed E-state index contributed by atoms with van der Waals surface area (Å²) in [7, 11) is -0.784. The largest absolute Gasteiger partial charge is 0.370 e. The highest BCUT2D eigenvalue weighted by Gasteiger charge is 2.06. The van der Waals surface area contributed by atoms with E-state index in [1.807, 2.05) is 6.92 Å². The van der Waals surface area contributed by atoms with Gasteiger partial charge in [0.25, 0.3) is 0 Å². The number of anilines is 2. The molecule has 0 amide bonds. The number of hydrogen-bond donors (Lipinski definition) is 3. The first-order valence-corrected chi connectivity index (χ1v) is 7.03. The molecule has 0 aliphatic carbocycles. The minimum atomic E-state index is -0.784. The smallest absolute Gasteiger partial charge is 0.145 e. The predicted octanol–water partition coefficient (Wildman–Crippen LogP) is 0.640. The van der Waals surface area contributed by atoms with Crippen LogP contribution < -0.4 is 16.6 Å². The Morgan fingerprint density at radius 1 is 1.47 bits per heavy atom. The number of nitrogens with two attached hydrogens (primary N) is 1. The molecule has 4 N–H and O–H groups in total. The first kappa shape index (κ1) is 13.9. The first-order chi connectivity index (χ1) is 8.02. The third-order valence-electron chi connectivity index (χ3n) is 2.41. The molecule has 0 aliphatic heterocycles. The number of nitrogens with one attached hydrogen (secondary N) is 2. The molecule has 1 rings (SSSR count). The third kappa shape index (κ3) is 4.66. The zero-order valence-electron chi connectivity index (χ0n) is 10.4. The molecule has 1 aromatic heterocycles. The van der Waals surface area contributed by atoms with Crippen LogP contribution in [-0.2, 0) is 10.8 Å². The minimum absolute atomic E-state index is 0.178. The second-order valence-electron chi connectivity index (χ2n) is 3.85. The molecular formula is C10H19N5OS. The van der Waals surface area contributed by atoms with Gasteiger partial charge in [0.1, 0.15) is 17.5 Å². The Bertz CT molecular complexity index is 398. The van der Waals surface area contributed by atoms with Gasteiger partial charge in [0.2, 0.25) is 0 Å². The van der Waals surface area contributed by atoms with Crippen molar-refractivity contribution in [2.24, 2.45) is 5.84 Å². The fourth-order valence-corrected chi connectivity index (χ4v) is 1.75. The Morgan fingerprint density at radius 2 is 2.12 bits per heavy atom. The lowest BCUT2D eigenvalue weighted by molar-refractivity contribution is 0.672. The van der Waals surface area contributed by atoms with Gasteiger partial charge >= 0.3 is 0 Å². The number of aryl methyl sites for hydroxylation is 1. The SMILES string of the molecule is Cc1nc(NN)cc(NCCC(C)S(C)=O)n1. The van der Waals surface area contributed by atoms with E-state index in [0.717, 1.165) is 18.8 Å². The molecule has 17 heavy (non-hydrogen) atoms. The first-order valence-electron chi connectivity index (χ1n) is 5.41. The van der Waals surface area contributed by atoms with Crippen LogP contribution in [0.5, 0.6) is 0 Å². The standard InChI is InChI=1S/C10H19N5OS/c1-7(17(3)16)4-5-12-9-6-10(15-11)14-8(2)13-9/h6-7H,4-5,11H2,1-3H3,(H2,12,13,14,15). The Hall–Kier alpha value is -1.21. The van der Waals surface area contributed by atoms with Gasteiger partial charge in [0.15, 0.2) is 0 Å². The quantitative estimate of drug-likeness (QED) is 0.511. The minimum Gasteiger partial charge on any atom is -0.370 e. The predicted molar refractivity (Wildman–Crippen MR) is 71.2 cm³/mol. The molecule has 0 bridgehead atoms. The van der Waals surface area contributed by atoms with Gasteiger partial charge in [-0.15, -0.1) is 0 Å². The Labute approximate surface area is 104 Å². The van der Waals surface area contributed by atoms with Crippen molar-refractivity contribution in [3.8, 4) is 0 Å². The molecule has 0 fully saturated rings. The van der Waals surface area contributed by atoms with Crippen LogP contribution in [0.2, 0.25) is 0 Å². The van der Waals surface area contributed by atoms with Crippen molar-refractivity contribution in [1.82, 2.24) is 9.97 Å². The Kier molecular flexibility index (Phi) is 5.30. The Balaban J connectivity index is 2.51. The molecule has 2 atom stereocenters. The molecule has 2 unspecified atom stereocenters. The van der Waals surface area contributed by atoms with E-state index in [-0.39, 0.29) is 5.25 Å². The second kappa shape index (κ2) is 6.51. The van der Waals surface area contributed by atoms with E-state index < -0.39 is 10.8 Å². The van der Waals surface area contributed by atoms with Crippen LogP contribution in [0.4, 0.5) is 11.6 Å². The van der Waals surface area contributed by atoms with Crippen LogP contribution in [0, 0.1) is 6.92 Å². The highest BCUT2D eigenvalue weighted by Crippen LogP contribution is 2.10. The van der Waals surface area contributed by atoms with Crippen LogP contribution in [0.1, 0.15) is 19.2 Å². The normalized spacial score (nSPS) is 14.1. The van der Waals surface area contributed by atoms with Crippen molar-refractivity contribution in [3.05, 3.63) is 11.9 Å². The molecule has 0 aliphatic rings. The van der Waals surface area contributed by atoms with Gasteiger partial charge in [-0.2, -0.15) is 0 Å². The van der Waals surface area contributed by atoms with Gasteiger partial charge in [-0.1, -0.05) is 6.92 Å². The van der Waals surface area contributed by atoms with Crippen molar-refractivity contribution in [1.29, 1.82) is 0 Å². The molecular weight excluding hydrogens is 238 g/mol. The van der Waals surface area contributed by atoms with E-state index in [1.165, 1.54) is 0 Å². The van der Waals surface area contributed by atoms with Crippen molar-refractivity contribution in [2.75, 3.05) is 23.5 Å². The summed E-state index contributed by atoms with van der Waals surface area (Å²) in [4.78, 5) is 8.32. The number of nitrogens with zero attached hydrogens (tertiary/aromatic N) is 2. The Morgan fingerprint density at radius 3 is 2.71 bits per heavy atom. The van der Waals surface area contributed by atoms with Gasteiger partial charge < -0.3 is 10.7 Å². The lowest BCUT2D eigenvalue weighted by Gasteiger charge is -2.10. The molecule has 1 heterocycles. The van der Waals surface area contributed by atoms with Gasteiger partial charge in [0.05, 0.1) is 0 Å². The number of rotatable bonds is 6. The number of hydrogen-bond acceptors (Lipinski definition) is 6. The van der Waals surface area contributed by atoms with E-state index >= 15 is 0 Å². The monoisotopic (exact) mass is 257 g/mol. The molecule has 96 valence electrons. The molecule has 0 saturated heterocycles. The summed E-state index contributed by atoms with van der Waals surface area (Å²) >= 11 is 0. The lowest BCUT2D eigenvalue weighted by Crippen LogP contribution is -2.16. The van der Waals surface area contributed by atoms with Crippen LogP contribution in [0.25, 0.3) is 0 Å². The maximum Gasteiger partial charge on any atom is 0.145 e. The van der Waals surface area contributed by atoms with Gasteiger partial charge in [-0.3, -0.25) is 4.21 Å². The molecule has 1 aromatic rings. The molecule has 0 spiro atoms. The summed E-state index contributed by atoms with van der Waals surface area (Å²) in [6.07, 6.45) is 2.55. The van der Waals surface area contributed by atoms with Gasteiger partial charge in [-0.25, -0.2) is 15.8 Å². The fourth-order valence-electron chi connectivity index (χ4n) is 1.30. The van der Waals surface area contributed by atoms with E-state index in [1.54, 1.807) is 19.2 Å². The van der Waals surface area contributed by atoms with E-state index in [4.69, 9.17) is 5.84 Å². The van der Waals surface area contributed by atoms with Crippen LogP contribution in [-0.4, -0.2) is 32.2 Å². The maximum atomic E-state index is 11.2. The number of hydrazine groups is 1. The van der Waals surface area contributed by atoms with Crippen molar-refractivity contribution in [2.45, 2.75) is 25.5 Å². The molecule has 0 saturated carbocycles. The van der Waals surface area contributed by atoms with Crippen molar-refractivity contribution in [3.63, 3.8) is 0 Å². The van der Waals surface area contributed by atoms with Gasteiger partial charge in [-0.05, 0) is 13.3 Å². The number of aromatic nitrogens is 2. The van der Waals surface area contributed by atoms with Crippen molar-refractivity contribution < 1.29 is 4.21 Å². The molecule has 6 nitrogen and oxygen atoms in total. The highest BCUT2D eigenvalue weighted by atomic mass is 32.2. The van der Waals surface area contributed by atoms with Crippen molar-refractivity contribution >= 4 is 22.4 Å². The average molecular weight is 257 g/mol.